The first kappa shape index (κ1) is 18.6. The molecule has 7 nitrogen and oxygen atoms in total. The number of hydrogen-bond donors (Lipinski definition) is 2. The molecule has 4 aromatic rings. The van der Waals surface area contributed by atoms with E-state index in [1.807, 2.05) is 36.4 Å². The predicted octanol–water partition coefficient (Wildman–Crippen LogP) is 4.09. The first-order valence-electron chi connectivity index (χ1n) is 8.72. The summed E-state index contributed by atoms with van der Waals surface area (Å²) >= 11 is 5.86. The van der Waals surface area contributed by atoms with E-state index in [0.29, 0.717) is 16.1 Å². The summed E-state index contributed by atoms with van der Waals surface area (Å²) in [6, 6.07) is 16.4. The average Bonchev–Trinajstić information content (AvgIpc) is 2.75. The molecule has 2 heterocycles. The number of hydrazone groups is 1. The van der Waals surface area contributed by atoms with Gasteiger partial charge in [0.2, 0.25) is 5.95 Å². The molecule has 0 unspecified atom stereocenters. The van der Waals surface area contributed by atoms with Crippen LogP contribution in [0.3, 0.4) is 0 Å². The van der Waals surface area contributed by atoms with Crippen molar-refractivity contribution in [3.8, 4) is 16.9 Å². The van der Waals surface area contributed by atoms with E-state index in [9.17, 15) is 4.79 Å². The van der Waals surface area contributed by atoms with E-state index in [1.54, 1.807) is 37.7 Å². The van der Waals surface area contributed by atoms with Gasteiger partial charge in [-0.15, -0.1) is 0 Å². The van der Waals surface area contributed by atoms with E-state index in [2.05, 4.69) is 25.5 Å². The molecule has 0 amide bonds. The van der Waals surface area contributed by atoms with Gasteiger partial charge in [0.05, 0.1) is 18.7 Å². The SMILES string of the molecule is COc1ccc(-c2ccnc3nc(N/N=C/c4ccc(Cl)cc4)[nH]c(=O)c23)cc1. The zero-order valence-electron chi connectivity index (χ0n) is 15.4. The van der Waals surface area contributed by atoms with Crippen molar-refractivity contribution in [1.82, 2.24) is 15.0 Å². The summed E-state index contributed by atoms with van der Waals surface area (Å²) in [5.41, 5.74) is 5.20. The Kier molecular flexibility index (Phi) is 5.22. The summed E-state index contributed by atoms with van der Waals surface area (Å²) in [6.07, 6.45) is 3.22. The standard InChI is InChI=1S/C21H16ClN5O2/c1-29-16-8-4-14(5-9-16)17-10-11-23-19-18(17)20(28)26-21(25-19)27-24-12-13-2-6-15(22)7-3-13/h2-12H,1H3,(H2,23,25,26,27,28)/b24-12+. The van der Waals surface area contributed by atoms with Crippen molar-refractivity contribution in [2.75, 3.05) is 12.5 Å². The Morgan fingerprint density at radius 2 is 1.86 bits per heavy atom. The van der Waals surface area contributed by atoms with Crippen molar-refractivity contribution in [2.45, 2.75) is 0 Å². The summed E-state index contributed by atoms with van der Waals surface area (Å²) < 4.78 is 5.19. The monoisotopic (exact) mass is 405 g/mol. The molecule has 0 aliphatic rings. The normalized spacial score (nSPS) is 11.1. The van der Waals surface area contributed by atoms with Crippen LogP contribution in [0.25, 0.3) is 22.2 Å². The molecule has 0 saturated heterocycles. The Balaban J connectivity index is 1.65. The number of nitrogens with zero attached hydrogens (tertiary/aromatic N) is 3. The molecule has 0 bridgehead atoms. The highest BCUT2D eigenvalue weighted by atomic mass is 35.5. The van der Waals surface area contributed by atoms with E-state index >= 15 is 0 Å². The largest absolute Gasteiger partial charge is 0.497 e. The quantitative estimate of drug-likeness (QED) is 0.385. The minimum Gasteiger partial charge on any atom is -0.497 e. The van der Waals surface area contributed by atoms with E-state index < -0.39 is 0 Å². The highest BCUT2D eigenvalue weighted by Crippen LogP contribution is 2.26. The molecule has 4 rings (SSSR count). The van der Waals surface area contributed by atoms with Gasteiger partial charge in [0.1, 0.15) is 5.75 Å². The van der Waals surface area contributed by atoms with Gasteiger partial charge < -0.3 is 4.74 Å². The third-order valence-corrected chi connectivity index (χ3v) is 4.51. The highest BCUT2D eigenvalue weighted by molar-refractivity contribution is 6.30. The van der Waals surface area contributed by atoms with E-state index in [4.69, 9.17) is 16.3 Å². The molecule has 0 saturated carbocycles. The number of nitrogens with one attached hydrogen (secondary N) is 2. The van der Waals surface area contributed by atoms with Crippen molar-refractivity contribution < 1.29 is 4.74 Å². The van der Waals surface area contributed by atoms with Crippen LogP contribution in [0.5, 0.6) is 5.75 Å². The van der Waals surface area contributed by atoms with E-state index in [0.717, 1.165) is 22.4 Å². The van der Waals surface area contributed by atoms with Crippen LogP contribution in [0.15, 0.2) is 70.7 Å². The first-order chi connectivity index (χ1) is 14.1. The summed E-state index contributed by atoms with van der Waals surface area (Å²) in [5.74, 6) is 0.941. The highest BCUT2D eigenvalue weighted by Gasteiger charge is 2.11. The van der Waals surface area contributed by atoms with Crippen molar-refractivity contribution in [3.05, 3.63) is 81.7 Å². The zero-order chi connectivity index (χ0) is 20.2. The molecule has 144 valence electrons. The summed E-state index contributed by atoms with van der Waals surface area (Å²) in [6.45, 7) is 0. The fraction of sp³-hybridized carbons (Fsp3) is 0.0476. The molecule has 0 fully saturated rings. The van der Waals surface area contributed by atoms with Crippen LogP contribution in [0.4, 0.5) is 5.95 Å². The minimum atomic E-state index is -0.307. The number of fused-ring (bicyclic) bond motifs is 1. The molecule has 2 aromatic carbocycles. The fourth-order valence-electron chi connectivity index (χ4n) is 2.84. The number of anilines is 1. The number of halogens is 1. The van der Waals surface area contributed by atoms with Crippen LogP contribution in [0.2, 0.25) is 5.02 Å². The molecule has 0 atom stereocenters. The fourth-order valence-corrected chi connectivity index (χ4v) is 2.97. The Morgan fingerprint density at radius 1 is 1.10 bits per heavy atom. The minimum absolute atomic E-state index is 0.201. The first-order valence-corrected chi connectivity index (χ1v) is 9.10. The zero-order valence-corrected chi connectivity index (χ0v) is 16.1. The van der Waals surface area contributed by atoms with Gasteiger partial charge in [0.25, 0.3) is 5.56 Å². The van der Waals surface area contributed by atoms with Gasteiger partial charge in [0.15, 0.2) is 5.65 Å². The lowest BCUT2D eigenvalue weighted by Gasteiger charge is -2.07. The van der Waals surface area contributed by atoms with Crippen molar-refractivity contribution in [2.24, 2.45) is 5.10 Å². The molecular formula is C21H16ClN5O2. The second kappa shape index (κ2) is 8.12. The second-order valence-electron chi connectivity index (χ2n) is 6.12. The van der Waals surface area contributed by atoms with Gasteiger partial charge in [-0.05, 0) is 47.0 Å². The molecule has 8 heteroatoms. The van der Waals surface area contributed by atoms with Crippen molar-refractivity contribution >= 4 is 34.8 Å². The Bertz CT molecular complexity index is 1230. The molecule has 29 heavy (non-hydrogen) atoms. The number of pyridine rings is 1. The van der Waals surface area contributed by atoms with Crippen LogP contribution < -0.4 is 15.7 Å². The molecule has 0 radical (unpaired) electrons. The Hall–Kier alpha value is -3.71. The van der Waals surface area contributed by atoms with Gasteiger partial charge in [-0.2, -0.15) is 10.1 Å². The summed E-state index contributed by atoms with van der Waals surface area (Å²) in [4.78, 5) is 24.0. The van der Waals surface area contributed by atoms with Gasteiger partial charge in [-0.3, -0.25) is 9.78 Å². The Labute approximate surface area is 171 Å². The van der Waals surface area contributed by atoms with Gasteiger partial charge in [-0.25, -0.2) is 10.4 Å². The maximum absolute atomic E-state index is 12.7. The number of aromatic nitrogens is 3. The molecule has 2 N–H and O–H groups in total. The number of H-pyrrole nitrogens is 1. The van der Waals surface area contributed by atoms with Crippen LogP contribution in [-0.2, 0) is 0 Å². The average molecular weight is 406 g/mol. The van der Waals surface area contributed by atoms with Crippen LogP contribution in [0.1, 0.15) is 5.56 Å². The molecule has 0 aliphatic heterocycles. The predicted molar refractivity (Wildman–Crippen MR) is 115 cm³/mol. The van der Waals surface area contributed by atoms with Crippen LogP contribution in [-0.4, -0.2) is 28.3 Å². The molecule has 2 aromatic heterocycles. The lowest BCUT2D eigenvalue weighted by atomic mass is 10.0. The maximum atomic E-state index is 12.7. The summed E-state index contributed by atoms with van der Waals surface area (Å²) in [5, 5.41) is 5.15. The molecular weight excluding hydrogens is 390 g/mol. The maximum Gasteiger partial charge on any atom is 0.262 e. The van der Waals surface area contributed by atoms with Crippen LogP contribution >= 0.6 is 11.6 Å². The lowest BCUT2D eigenvalue weighted by molar-refractivity contribution is 0.415. The molecule has 0 aliphatic carbocycles. The Morgan fingerprint density at radius 3 is 2.59 bits per heavy atom. The number of aromatic amines is 1. The van der Waals surface area contributed by atoms with Gasteiger partial charge in [-0.1, -0.05) is 35.9 Å². The smallest absolute Gasteiger partial charge is 0.262 e. The topological polar surface area (TPSA) is 92.3 Å². The third-order valence-electron chi connectivity index (χ3n) is 4.26. The molecule has 0 spiro atoms. The van der Waals surface area contributed by atoms with Gasteiger partial charge >= 0.3 is 0 Å². The third kappa shape index (κ3) is 4.09. The number of benzene rings is 2. The summed E-state index contributed by atoms with van der Waals surface area (Å²) in [7, 11) is 1.61. The van der Waals surface area contributed by atoms with Crippen molar-refractivity contribution in [1.29, 1.82) is 0 Å². The number of hydrogen-bond acceptors (Lipinski definition) is 6. The van der Waals surface area contributed by atoms with E-state index in [1.165, 1.54) is 0 Å². The van der Waals surface area contributed by atoms with Crippen LogP contribution in [0, 0.1) is 0 Å². The second-order valence-corrected chi connectivity index (χ2v) is 6.56. The van der Waals surface area contributed by atoms with Crippen molar-refractivity contribution in [3.63, 3.8) is 0 Å². The number of methoxy groups -OCH3 is 1. The van der Waals surface area contributed by atoms with E-state index in [-0.39, 0.29) is 11.5 Å². The lowest BCUT2D eigenvalue weighted by Crippen LogP contribution is -2.13. The number of ether oxygens (including phenoxy) is 1. The van der Waals surface area contributed by atoms with Gasteiger partial charge in [0, 0.05) is 11.2 Å². The number of rotatable bonds is 5.